The minimum Gasteiger partial charge on any atom is -0.497 e. The lowest BCUT2D eigenvalue weighted by molar-refractivity contribution is 0.146. The van der Waals surface area contributed by atoms with Gasteiger partial charge in [0.25, 0.3) is 0 Å². The fourth-order valence-corrected chi connectivity index (χ4v) is 1.63. The molecule has 4 nitrogen and oxygen atoms in total. The van der Waals surface area contributed by atoms with Gasteiger partial charge in [0.15, 0.2) is 5.11 Å². The van der Waals surface area contributed by atoms with Gasteiger partial charge in [0.2, 0.25) is 0 Å². The van der Waals surface area contributed by atoms with Crippen molar-refractivity contribution < 1.29 is 13.9 Å². The summed E-state index contributed by atoms with van der Waals surface area (Å²) < 4.78 is 23.8. The van der Waals surface area contributed by atoms with Gasteiger partial charge in [-0.1, -0.05) is 0 Å². The van der Waals surface area contributed by atoms with Crippen LogP contribution in [-0.2, 0) is 4.74 Å². The van der Waals surface area contributed by atoms with Gasteiger partial charge in [0.1, 0.15) is 11.6 Å². The zero-order valence-electron chi connectivity index (χ0n) is 11.2. The van der Waals surface area contributed by atoms with Crippen molar-refractivity contribution in [1.82, 2.24) is 5.32 Å². The molecule has 1 aromatic rings. The van der Waals surface area contributed by atoms with Crippen LogP contribution in [0.2, 0.25) is 0 Å². The number of hydrogen-bond acceptors (Lipinski definition) is 3. The maximum Gasteiger partial charge on any atom is 0.170 e. The molecule has 0 saturated carbocycles. The molecule has 0 fully saturated rings. The molecule has 1 rings (SSSR count). The van der Waals surface area contributed by atoms with Crippen LogP contribution in [0.3, 0.4) is 0 Å². The van der Waals surface area contributed by atoms with Crippen molar-refractivity contribution in [2.75, 3.05) is 32.2 Å². The van der Waals surface area contributed by atoms with Crippen molar-refractivity contribution >= 4 is 23.0 Å². The molecule has 0 spiro atoms. The van der Waals surface area contributed by atoms with Crippen LogP contribution in [0.4, 0.5) is 10.1 Å². The average molecular weight is 286 g/mol. The number of hydrogen-bond donors (Lipinski definition) is 2. The van der Waals surface area contributed by atoms with Gasteiger partial charge in [0, 0.05) is 25.8 Å². The van der Waals surface area contributed by atoms with Crippen LogP contribution in [0.25, 0.3) is 0 Å². The van der Waals surface area contributed by atoms with Crippen molar-refractivity contribution in [1.29, 1.82) is 0 Å². The highest BCUT2D eigenvalue weighted by atomic mass is 32.1. The minimum absolute atomic E-state index is 0.293. The summed E-state index contributed by atoms with van der Waals surface area (Å²) in [4.78, 5) is 0. The second kappa shape index (κ2) is 8.66. The molecular formula is C13H19FN2O2S. The molecule has 0 atom stereocenters. The molecule has 1 aromatic carbocycles. The van der Waals surface area contributed by atoms with Gasteiger partial charge in [-0.3, -0.25) is 0 Å². The van der Waals surface area contributed by atoms with E-state index in [1.165, 1.54) is 13.2 Å². The second-order valence-corrected chi connectivity index (χ2v) is 4.19. The highest BCUT2D eigenvalue weighted by Gasteiger charge is 2.05. The zero-order chi connectivity index (χ0) is 14.1. The molecule has 2 N–H and O–H groups in total. The lowest BCUT2D eigenvalue weighted by atomic mass is 10.3. The maximum atomic E-state index is 13.5. The zero-order valence-corrected chi connectivity index (χ0v) is 12.0. The van der Waals surface area contributed by atoms with E-state index in [2.05, 4.69) is 10.6 Å². The molecule has 0 amide bonds. The van der Waals surface area contributed by atoms with Crippen molar-refractivity contribution in [3.63, 3.8) is 0 Å². The third-order valence-electron chi connectivity index (χ3n) is 2.38. The summed E-state index contributed by atoms with van der Waals surface area (Å²) in [5.41, 5.74) is 0.293. The van der Waals surface area contributed by atoms with Crippen molar-refractivity contribution in [2.45, 2.75) is 13.3 Å². The fourth-order valence-electron chi connectivity index (χ4n) is 1.41. The van der Waals surface area contributed by atoms with E-state index in [0.717, 1.165) is 6.42 Å². The van der Waals surface area contributed by atoms with Crippen LogP contribution in [0.1, 0.15) is 13.3 Å². The second-order valence-electron chi connectivity index (χ2n) is 3.78. The minimum atomic E-state index is -0.376. The summed E-state index contributed by atoms with van der Waals surface area (Å²) >= 11 is 5.08. The van der Waals surface area contributed by atoms with E-state index >= 15 is 0 Å². The predicted molar refractivity (Wildman–Crippen MR) is 78.3 cm³/mol. The predicted octanol–water partition coefficient (Wildman–Crippen LogP) is 2.55. The molecule has 0 aromatic heterocycles. The van der Waals surface area contributed by atoms with Gasteiger partial charge in [-0.15, -0.1) is 0 Å². The molecule has 6 heteroatoms. The number of nitrogens with one attached hydrogen (secondary N) is 2. The number of anilines is 1. The van der Waals surface area contributed by atoms with E-state index in [-0.39, 0.29) is 5.82 Å². The average Bonchev–Trinajstić information content (AvgIpc) is 2.41. The van der Waals surface area contributed by atoms with Crippen molar-refractivity contribution in [2.24, 2.45) is 0 Å². The molecule has 19 heavy (non-hydrogen) atoms. The van der Waals surface area contributed by atoms with Crippen LogP contribution in [0.5, 0.6) is 5.75 Å². The van der Waals surface area contributed by atoms with Crippen LogP contribution < -0.4 is 15.4 Å². The number of halogens is 1. The first kappa shape index (κ1) is 15.7. The fraction of sp³-hybridized carbons (Fsp3) is 0.462. The smallest absolute Gasteiger partial charge is 0.170 e. The van der Waals surface area contributed by atoms with E-state index in [0.29, 0.717) is 36.3 Å². The third kappa shape index (κ3) is 5.85. The van der Waals surface area contributed by atoms with Crippen LogP contribution in [0, 0.1) is 5.82 Å². The van der Waals surface area contributed by atoms with Gasteiger partial charge in [0.05, 0.1) is 12.8 Å². The number of benzene rings is 1. The topological polar surface area (TPSA) is 42.5 Å². The number of ether oxygens (including phenoxy) is 2. The Morgan fingerprint density at radius 2 is 2.21 bits per heavy atom. The Labute approximate surface area is 118 Å². The monoisotopic (exact) mass is 286 g/mol. The third-order valence-corrected chi connectivity index (χ3v) is 2.62. The Morgan fingerprint density at radius 1 is 1.42 bits per heavy atom. The molecule has 0 aliphatic rings. The molecular weight excluding hydrogens is 267 g/mol. The Morgan fingerprint density at radius 3 is 2.89 bits per heavy atom. The van der Waals surface area contributed by atoms with E-state index in [1.807, 2.05) is 6.92 Å². The molecule has 0 unspecified atom stereocenters. The summed E-state index contributed by atoms with van der Waals surface area (Å²) in [5, 5.41) is 6.17. The molecule has 0 heterocycles. The summed E-state index contributed by atoms with van der Waals surface area (Å²) in [5.74, 6) is 0.197. The van der Waals surface area contributed by atoms with Crippen molar-refractivity contribution in [3.8, 4) is 5.75 Å². The standard InChI is InChI=1S/C13H19FN2O2S/c1-3-18-8-4-7-15-13(19)16-12-9-10(17-2)5-6-11(12)14/h5-6,9H,3-4,7-8H2,1-2H3,(H2,15,16,19). The molecule has 0 aliphatic heterocycles. The Hall–Kier alpha value is -1.40. The summed E-state index contributed by atoms with van der Waals surface area (Å²) in [6, 6.07) is 4.45. The van der Waals surface area contributed by atoms with Gasteiger partial charge in [-0.2, -0.15) is 0 Å². The first-order valence-corrected chi connectivity index (χ1v) is 6.54. The van der Waals surface area contributed by atoms with Crippen LogP contribution in [0.15, 0.2) is 18.2 Å². The molecule has 0 aliphatic carbocycles. The van der Waals surface area contributed by atoms with Gasteiger partial charge in [-0.25, -0.2) is 4.39 Å². The van der Waals surface area contributed by atoms with Gasteiger partial charge < -0.3 is 20.1 Å². The number of rotatable bonds is 7. The Bertz CT molecular complexity index is 416. The quantitative estimate of drug-likeness (QED) is 0.595. The van der Waals surface area contributed by atoms with Crippen LogP contribution >= 0.6 is 12.2 Å². The van der Waals surface area contributed by atoms with E-state index in [1.54, 1.807) is 12.1 Å². The normalized spacial score (nSPS) is 10.1. The van der Waals surface area contributed by atoms with E-state index < -0.39 is 0 Å². The lowest BCUT2D eigenvalue weighted by Gasteiger charge is -2.12. The van der Waals surface area contributed by atoms with E-state index in [4.69, 9.17) is 21.7 Å². The lowest BCUT2D eigenvalue weighted by Crippen LogP contribution is -2.30. The molecule has 0 saturated heterocycles. The molecule has 0 bridgehead atoms. The molecule has 0 radical (unpaired) electrons. The summed E-state index contributed by atoms with van der Waals surface area (Å²) in [7, 11) is 1.53. The Kier molecular flexibility index (Phi) is 7.14. The highest BCUT2D eigenvalue weighted by Crippen LogP contribution is 2.20. The van der Waals surface area contributed by atoms with E-state index in [9.17, 15) is 4.39 Å². The Balaban J connectivity index is 2.39. The van der Waals surface area contributed by atoms with Crippen LogP contribution in [-0.4, -0.2) is 32.0 Å². The van der Waals surface area contributed by atoms with Gasteiger partial charge >= 0.3 is 0 Å². The first-order chi connectivity index (χ1) is 9.17. The largest absolute Gasteiger partial charge is 0.497 e. The number of thiocarbonyl (C=S) groups is 1. The summed E-state index contributed by atoms with van der Waals surface area (Å²) in [6.45, 7) is 4.01. The molecule has 106 valence electrons. The van der Waals surface area contributed by atoms with Crippen molar-refractivity contribution in [3.05, 3.63) is 24.0 Å². The summed E-state index contributed by atoms with van der Waals surface area (Å²) in [6.07, 6.45) is 0.844. The maximum absolute atomic E-state index is 13.5. The number of methoxy groups -OCH3 is 1. The van der Waals surface area contributed by atoms with Gasteiger partial charge in [-0.05, 0) is 37.7 Å². The first-order valence-electron chi connectivity index (χ1n) is 6.13. The highest BCUT2D eigenvalue weighted by molar-refractivity contribution is 7.80. The SMILES string of the molecule is CCOCCCNC(=S)Nc1cc(OC)ccc1F.